The number of rotatable bonds is 6. The van der Waals surface area contributed by atoms with Crippen molar-refractivity contribution in [3.05, 3.63) is 12.7 Å². The van der Waals surface area contributed by atoms with E-state index in [0.29, 0.717) is 0 Å². The first-order valence-corrected chi connectivity index (χ1v) is 6.14. The van der Waals surface area contributed by atoms with Crippen LogP contribution >= 0.6 is 0 Å². The zero-order valence-electron chi connectivity index (χ0n) is 8.89. The number of amides is 1. The number of alkyl carbamates (subject to hydrolysis) is 1. The van der Waals surface area contributed by atoms with Crippen molar-refractivity contribution >= 4 is 16.1 Å². The maximum absolute atomic E-state index is 11.2. The smallest absolute Gasteiger partial charge is 0.406 e. The Bertz CT molecular complexity index is 313. The summed E-state index contributed by atoms with van der Waals surface area (Å²) < 4.78 is 27.9. The average molecular weight is 236 g/mol. The Kier molecular flexibility index (Phi) is 5.95. The quantitative estimate of drug-likeness (QED) is 0.647. The van der Waals surface area contributed by atoms with Crippen molar-refractivity contribution in [2.24, 2.45) is 0 Å². The van der Waals surface area contributed by atoms with Gasteiger partial charge in [0.1, 0.15) is 0 Å². The molecule has 0 radical (unpaired) electrons. The number of sulfonamides is 1. The Hall–Kier alpha value is -1.08. The van der Waals surface area contributed by atoms with Crippen LogP contribution in [0, 0.1) is 0 Å². The molecule has 0 aromatic carbocycles. The summed E-state index contributed by atoms with van der Waals surface area (Å²) in [5, 5.41) is 2.39. The van der Waals surface area contributed by atoms with E-state index in [9.17, 15) is 13.2 Å². The fraction of sp³-hybridized carbons (Fsp3) is 0.625. The second-order valence-electron chi connectivity index (χ2n) is 2.83. The van der Waals surface area contributed by atoms with Crippen LogP contribution < -0.4 is 5.32 Å². The summed E-state index contributed by atoms with van der Waals surface area (Å²) in [5.74, 6) is 0. The third kappa shape index (κ3) is 6.08. The normalized spacial score (nSPS) is 11.1. The topological polar surface area (TPSA) is 75.7 Å². The molecule has 0 aliphatic heterocycles. The summed E-state index contributed by atoms with van der Waals surface area (Å²) in [6, 6.07) is 0. The number of hydrogen-bond donors (Lipinski definition) is 1. The molecule has 15 heavy (non-hydrogen) atoms. The average Bonchev–Trinajstić information content (AvgIpc) is 2.14. The minimum atomic E-state index is -3.26. The van der Waals surface area contributed by atoms with Crippen LogP contribution in [0.4, 0.5) is 4.79 Å². The molecule has 88 valence electrons. The van der Waals surface area contributed by atoms with E-state index in [1.165, 1.54) is 17.5 Å². The molecule has 0 saturated carbocycles. The van der Waals surface area contributed by atoms with Gasteiger partial charge >= 0.3 is 6.09 Å². The lowest BCUT2D eigenvalue weighted by atomic mass is 10.5. The highest BCUT2D eigenvalue weighted by Crippen LogP contribution is 1.96. The van der Waals surface area contributed by atoms with Crippen LogP contribution in [0.3, 0.4) is 0 Å². The van der Waals surface area contributed by atoms with Crippen molar-refractivity contribution in [1.82, 2.24) is 9.62 Å². The van der Waals surface area contributed by atoms with Gasteiger partial charge < -0.3 is 10.1 Å². The Morgan fingerprint density at radius 2 is 2.20 bits per heavy atom. The molecule has 0 aliphatic carbocycles. The SMILES string of the molecule is C=CCN(CCNC(=O)OC)S(C)(=O)=O. The Morgan fingerprint density at radius 1 is 1.60 bits per heavy atom. The summed E-state index contributed by atoms with van der Waals surface area (Å²) in [6.07, 6.45) is 2.01. The van der Waals surface area contributed by atoms with Gasteiger partial charge in [0.15, 0.2) is 0 Å². The van der Waals surface area contributed by atoms with Gasteiger partial charge in [-0.2, -0.15) is 4.31 Å². The number of nitrogens with one attached hydrogen (secondary N) is 1. The molecular weight excluding hydrogens is 220 g/mol. The number of carbonyl (C=O) groups is 1. The minimum absolute atomic E-state index is 0.194. The first-order valence-electron chi connectivity index (χ1n) is 4.29. The number of ether oxygens (including phenoxy) is 1. The van der Waals surface area contributed by atoms with E-state index >= 15 is 0 Å². The van der Waals surface area contributed by atoms with Crippen LogP contribution in [-0.4, -0.2) is 51.8 Å². The molecule has 0 atom stereocenters. The number of carbonyl (C=O) groups excluding carboxylic acids is 1. The first-order chi connectivity index (χ1) is 6.91. The van der Waals surface area contributed by atoms with Crippen LogP contribution in [0.1, 0.15) is 0 Å². The molecule has 0 heterocycles. The van der Waals surface area contributed by atoms with E-state index in [1.807, 2.05) is 0 Å². The van der Waals surface area contributed by atoms with Gasteiger partial charge in [-0.15, -0.1) is 6.58 Å². The highest BCUT2D eigenvalue weighted by Gasteiger charge is 2.14. The number of hydrogen-bond acceptors (Lipinski definition) is 4. The maximum Gasteiger partial charge on any atom is 0.406 e. The highest BCUT2D eigenvalue weighted by molar-refractivity contribution is 7.88. The molecule has 0 bridgehead atoms. The standard InChI is InChI=1S/C8H16N2O4S/c1-4-6-10(15(3,12)13)7-5-9-8(11)14-2/h4H,1,5-7H2,2-3H3,(H,9,11). The first kappa shape index (κ1) is 13.9. The summed E-state index contributed by atoms with van der Waals surface area (Å²) >= 11 is 0. The molecule has 0 unspecified atom stereocenters. The van der Waals surface area contributed by atoms with Crippen molar-refractivity contribution in [2.75, 3.05) is 33.0 Å². The van der Waals surface area contributed by atoms with Crippen LogP contribution in [0.15, 0.2) is 12.7 Å². The molecule has 0 spiro atoms. The van der Waals surface area contributed by atoms with Gasteiger partial charge in [0, 0.05) is 19.6 Å². The lowest BCUT2D eigenvalue weighted by molar-refractivity contribution is 0.170. The van der Waals surface area contributed by atoms with Gasteiger partial charge in [-0.25, -0.2) is 13.2 Å². The highest BCUT2D eigenvalue weighted by atomic mass is 32.2. The van der Waals surface area contributed by atoms with Crippen LogP contribution in [0.25, 0.3) is 0 Å². The van der Waals surface area contributed by atoms with Crippen molar-refractivity contribution in [3.8, 4) is 0 Å². The minimum Gasteiger partial charge on any atom is -0.453 e. The molecule has 0 fully saturated rings. The molecule has 0 saturated heterocycles. The zero-order valence-corrected chi connectivity index (χ0v) is 9.71. The fourth-order valence-corrected chi connectivity index (χ4v) is 1.69. The number of methoxy groups -OCH3 is 1. The maximum atomic E-state index is 11.2. The van der Waals surface area contributed by atoms with Gasteiger partial charge in [0.2, 0.25) is 10.0 Å². The predicted molar refractivity (Wildman–Crippen MR) is 57.0 cm³/mol. The monoisotopic (exact) mass is 236 g/mol. The fourth-order valence-electron chi connectivity index (χ4n) is 0.891. The van der Waals surface area contributed by atoms with E-state index in [0.717, 1.165) is 6.26 Å². The van der Waals surface area contributed by atoms with Crippen molar-refractivity contribution in [1.29, 1.82) is 0 Å². The van der Waals surface area contributed by atoms with Crippen molar-refractivity contribution in [3.63, 3.8) is 0 Å². The molecular formula is C8H16N2O4S. The van der Waals surface area contributed by atoms with E-state index in [4.69, 9.17) is 0 Å². The Labute approximate surface area is 89.9 Å². The summed E-state index contributed by atoms with van der Waals surface area (Å²) in [6.45, 7) is 4.08. The van der Waals surface area contributed by atoms with Crippen molar-refractivity contribution in [2.45, 2.75) is 0 Å². The molecule has 7 heteroatoms. The Balaban J connectivity index is 4.09. The Morgan fingerprint density at radius 3 is 2.60 bits per heavy atom. The molecule has 0 aliphatic rings. The largest absolute Gasteiger partial charge is 0.453 e. The van der Waals surface area contributed by atoms with Gasteiger partial charge in [-0.05, 0) is 0 Å². The molecule has 1 N–H and O–H groups in total. The summed E-state index contributed by atoms with van der Waals surface area (Å²) in [7, 11) is -2.02. The molecule has 0 rings (SSSR count). The molecule has 0 aromatic rings. The predicted octanol–water partition coefficient (Wildman–Crippen LogP) is -0.210. The van der Waals surface area contributed by atoms with Gasteiger partial charge in [0.05, 0.1) is 13.4 Å². The van der Waals surface area contributed by atoms with E-state index < -0.39 is 16.1 Å². The van der Waals surface area contributed by atoms with Crippen LogP contribution in [0.2, 0.25) is 0 Å². The summed E-state index contributed by atoms with van der Waals surface area (Å²) in [4.78, 5) is 10.7. The second kappa shape index (κ2) is 6.41. The molecule has 1 amide bonds. The molecule has 6 nitrogen and oxygen atoms in total. The van der Waals surface area contributed by atoms with Gasteiger partial charge in [-0.1, -0.05) is 6.08 Å². The lowest BCUT2D eigenvalue weighted by Gasteiger charge is -2.17. The van der Waals surface area contributed by atoms with E-state index in [2.05, 4.69) is 16.6 Å². The zero-order chi connectivity index (χ0) is 11.9. The van der Waals surface area contributed by atoms with Crippen molar-refractivity contribution < 1.29 is 17.9 Å². The van der Waals surface area contributed by atoms with Crippen LogP contribution in [0.5, 0.6) is 0 Å². The molecule has 0 aromatic heterocycles. The van der Waals surface area contributed by atoms with Gasteiger partial charge in [0.25, 0.3) is 0 Å². The second-order valence-corrected chi connectivity index (χ2v) is 4.81. The van der Waals surface area contributed by atoms with E-state index in [-0.39, 0.29) is 19.6 Å². The third-order valence-electron chi connectivity index (χ3n) is 1.62. The number of nitrogens with zero attached hydrogens (tertiary/aromatic N) is 1. The van der Waals surface area contributed by atoms with Gasteiger partial charge in [-0.3, -0.25) is 0 Å². The van der Waals surface area contributed by atoms with Crippen LogP contribution in [-0.2, 0) is 14.8 Å². The lowest BCUT2D eigenvalue weighted by Crippen LogP contribution is -2.38. The summed E-state index contributed by atoms with van der Waals surface area (Å²) in [5.41, 5.74) is 0. The van der Waals surface area contributed by atoms with E-state index in [1.54, 1.807) is 0 Å². The third-order valence-corrected chi connectivity index (χ3v) is 2.89.